The molecule has 108 valence electrons. The highest BCUT2D eigenvalue weighted by Gasteiger charge is 2.28. The van der Waals surface area contributed by atoms with Gasteiger partial charge < -0.3 is 15.3 Å². The Hall–Kier alpha value is -1.31. The summed E-state index contributed by atoms with van der Waals surface area (Å²) in [6, 6.07) is 7.14. The average Bonchev–Trinajstić information content (AvgIpc) is 2.89. The number of nitrogens with zero attached hydrogens (tertiary/aromatic N) is 1. The van der Waals surface area contributed by atoms with Crippen molar-refractivity contribution >= 4 is 40.3 Å². The fraction of sp³-hybridized carbons (Fsp3) is 0.429. The van der Waals surface area contributed by atoms with Gasteiger partial charge >= 0.3 is 12.0 Å². The fourth-order valence-electron chi connectivity index (χ4n) is 2.49. The Kier molecular flexibility index (Phi) is 5.22. The minimum absolute atomic E-state index is 0.0360. The van der Waals surface area contributed by atoms with E-state index in [1.807, 2.05) is 18.2 Å². The summed E-state index contributed by atoms with van der Waals surface area (Å²) in [4.78, 5) is 24.7. The van der Waals surface area contributed by atoms with E-state index in [2.05, 4.69) is 27.9 Å². The van der Waals surface area contributed by atoms with E-state index in [0.717, 1.165) is 29.3 Å². The third kappa shape index (κ3) is 4.09. The highest BCUT2D eigenvalue weighted by molar-refractivity contribution is 14.1. The zero-order valence-corrected chi connectivity index (χ0v) is 13.2. The first-order valence-electron chi connectivity index (χ1n) is 6.61. The number of aliphatic carboxylic acids is 1. The van der Waals surface area contributed by atoms with Gasteiger partial charge in [-0.15, -0.1) is 0 Å². The summed E-state index contributed by atoms with van der Waals surface area (Å²) < 4.78 is 1.02. The largest absolute Gasteiger partial charge is 0.480 e. The molecule has 5 nitrogen and oxygen atoms in total. The van der Waals surface area contributed by atoms with Gasteiger partial charge in [0.2, 0.25) is 0 Å². The number of benzene rings is 1. The van der Waals surface area contributed by atoms with Crippen LogP contribution < -0.4 is 5.32 Å². The lowest BCUT2D eigenvalue weighted by Crippen LogP contribution is -2.44. The van der Waals surface area contributed by atoms with Crippen molar-refractivity contribution in [1.82, 2.24) is 4.90 Å². The molecule has 0 atom stereocenters. The van der Waals surface area contributed by atoms with Crippen LogP contribution in [0.1, 0.15) is 25.7 Å². The summed E-state index contributed by atoms with van der Waals surface area (Å²) in [5.74, 6) is -0.977. The lowest BCUT2D eigenvalue weighted by Gasteiger charge is -2.27. The maximum Gasteiger partial charge on any atom is 0.323 e. The number of halogens is 1. The van der Waals surface area contributed by atoms with Crippen LogP contribution in [0, 0.1) is 3.57 Å². The maximum atomic E-state index is 12.3. The van der Waals surface area contributed by atoms with Gasteiger partial charge in [0.25, 0.3) is 0 Å². The van der Waals surface area contributed by atoms with Gasteiger partial charge in [0.15, 0.2) is 0 Å². The molecule has 1 aliphatic carbocycles. The van der Waals surface area contributed by atoms with Gasteiger partial charge in [0, 0.05) is 15.3 Å². The number of carbonyl (C=O) groups is 2. The number of rotatable bonds is 4. The molecule has 2 rings (SSSR count). The molecule has 1 aromatic rings. The van der Waals surface area contributed by atoms with E-state index in [-0.39, 0.29) is 18.6 Å². The van der Waals surface area contributed by atoms with Crippen molar-refractivity contribution < 1.29 is 14.7 Å². The normalized spacial score (nSPS) is 15.1. The van der Waals surface area contributed by atoms with E-state index < -0.39 is 5.97 Å². The second-order valence-electron chi connectivity index (χ2n) is 4.90. The summed E-state index contributed by atoms with van der Waals surface area (Å²) in [6.45, 7) is -0.250. The number of hydrogen-bond donors (Lipinski definition) is 2. The van der Waals surface area contributed by atoms with Gasteiger partial charge in [-0.3, -0.25) is 4.79 Å². The summed E-state index contributed by atoms with van der Waals surface area (Å²) in [7, 11) is 0. The van der Waals surface area contributed by atoms with Gasteiger partial charge in [-0.05, 0) is 53.6 Å². The fourth-order valence-corrected chi connectivity index (χ4v) is 3.03. The van der Waals surface area contributed by atoms with E-state index in [0.29, 0.717) is 5.69 Å². The molecule has 1 aliphatic rings. The lowest BCUT2D eigenvalue weighted by molar-refractivity contribution is -0.138. The first-order valence-corrected chi connectivity index (χ1v) is 7.69. The van der Waals surface area contributed by atoms with Crippen LogP contribution in [-0.4, -0.2) is 34.6 Å². The molecule has 1 saturated carbocycles. The third-order valence-electron chi connectivity index (χ3n) is 3.41. The van der Waals surface area contributed by atoms with Crippen molar-refractivity contribution in [3.8, 4) is 0 Å². The maximum absolute atomic E-state index is 12.3. The van der Waals surface area contributed by atoms with Gasteiger partial charge in [0.1, 0.15) is 6.54 Å². The minimum Gasteiger partial charge on any atom is -0.480 e. The number of nitrogens with one attached hydrogen (secondary N) is 1. The van der Waals surface area contributed by atoms with Gasteiger partial charge in [-0.25, -0.2) is 4.79 Å². The Morgan fingerprint density at radius 2 is 2.05 bits per heavy atom. The van der Waals surface area contributed by atoms with Crippen LogP contribution in [0.25, 0.3) is 0 Å². The van der Waals surface area contributed by atoms with Crippen molar-refractivity contribution in [2.75, 3.05) is 11.9 Å². The summed E-state index contributed by atoms with van der Waals surface area (Å²) >= 11 is 2.17. The van der Waals surface area contributed by atoms with E-state index in [1.54, 1.807) is 6.07 Å². The van der Waals surface area contributed by atoms with Crippen molar-refractivity contribution in [2.24, 2.45) is 0 Å². The zero-order valence-electron chi connectivity index (χ0n) is 11.0. The molecule has 0 aliphatic heterocycles. The molecule has 0 unspecified atom stereocenters. The van der Waals surface area contributed by atoms with Crippen molar-refractivity contribution in [3.05, 3.63) is 27.8 Å². The molecule has 1 aromatic carbocycles. The molecular formula is C14H17IN2O3. The lowest BCUT2D eigenvalue weighted by atomic mass is 10.2. The van der Waals surface area contributed by atoms with Crippen LogP contribution in [0.2, 0.25) is 0 Å². The summed E-state index contributed by atoms with van der Waals surface area (Å²) in [5.41, 5.74) is 0.690. The summed E-state index contributed by atoms with van der Waals surface area (Å²) in [6.07, 6.45) is 3.87. The standard InChI is InChI=1S/C14H17IN2O3/c15-10-4-3-5-11(8-10)16-14(20)17(9-13(18)19)12-6-1-2-7-12/h3-5,8,12H,1-2,6-7,9H2,(H,16,20)(H,18,19). The number of carboxylic acids is 1. The first kappa shape index (κ1) is 15.1. The molecule has 1 fully saturated rings. The van der Waals surface area contributed by atoms with Gasteiger partial charge in [0.05, 0.1) is 0 Å². The molecule has 6 heteroatoms. The zero-order chi connectivity index (χ0) is 14.5. The van der Waals surface area contributed by atoms with Crippen LogP contribution in [0.3, 0.4) is 0 Å². The molecule has 2 amide bonds. The van der Waals surface area contributed by atoms with Crippen LogP contribution >= 0.6 is 22.6 Å². The molecule has 0 radical (unpaired) electrons. The van der Waals surface area contributed by atoms with E-state index in [9.17, 15) is 9.59 Å². The van der Waals surface area contributed by atoms with E-state index in [1.165, 1.54) is 4.90 Å². The van der Waals surface area contributed by atoms with Crippen LogP contribution in [-0.2, 0) is 4.79 Å². The molecule has 20 heavy (non-hydrogen) atoms. The van der Waals surface area contributed by atoms with Crippen LogP contribution in [0.15, 0.2) is 24.3 Å². The molecule has 0 aromatic heterocycles. The monoisotopic (exact) mass is 388 g/mol. The van der Waals surface area contributed by atoms with Gasteiger partial charge in [-0.2, -0.15) is 0 Å². The summed E-state index contributed by atoms with van der Waals surface area (Å²) in [5, 5.41) is 11.8. The molecule has 2 N–H and O–H groups in total. The Morgan fingerprint density at radius 1 is 1.35 bits per heavy atom. The molecule has 0 bridgehead atoms. The predicted octanol–water partition coefficient (Wildman–Crippen LogP) is 3.15. The van der Waals surface area contributed by atoms with E-state index >= 15 is 0 Å². The molecule has 0 saturated heterocycles. The number of hydrogen-bond acceptors (Lipinski definition) is 2. The highest BCUT2D eigenvalue weighted by atomic mass is 127. The SMILES string of the molecule is O=C(O)CN(C(=O)Nc1cccc(I)c1)C1CCCC1. The number of carboxylic acid groups (broad SMARTS) is 1. The van der Waals surface area contributed by atoms with Crippen LogP contribution in [0.5, 0.6) is 0 Å². The first-order chi connectivity index (χ1) is 9.56. The van der Waals surface area contributed by atoms with Gasteiger partial charge in [-0.1, -0.05) is 18.9 Å². The molecular weight excluding hydrogens is 371 g/mol. The molecule has 0 spiro atoms. The Balaban J connectivity index is 2.07. The highest BCUT2D eigenvalue weighted by Crippen LogP contribution is 2.24. The van der Waals surface area contributed by atoms with E-state index in [4.69, 9.17) is 5.11 Å². The number of urea groups is 1. The Bertz CT molecular complexity index is 501. The smallest absolute Gasteiger partial charge is 0.323 e. The number of amides is 2. The van der Waals surface area contributed by atoms with Crippen molar-refractivity contribution in [2.45, 2.75) is 31.7 Å². The minimum atomic E-state index is -0.977. The second kappa shape index (κ2) is 6.92. The van der Waals surface area contributed by atoms with Crippen molar-refractivity contribution in [3.63, 3.8) is 0 Å². The quantitative estimate of drug-likeness (QED) is 0.779. The van der Waals surface area contributed by atoms with Crippen molar-refractivity contribution in [1.29, 1.82) is 0 Å². The number of carbonyl (C=O) groups excluding carboxylic acids is 1. The second-order valence-corrected chi connectivity index (χ2v) is 6.15. The Labute approximate surface area is 131 Å². The number of anilines is 1. The Morgan fingerprint density at radius 3 is 2.65 bits per heavy atom. The predicted molar refractivity (Wildman–Crippen MR) is 84.8 cm³/mol. The van der Waals surface area contributed by atoms with Crippen LogP contribution in [0.4, 0.5) is 10.5 Å². The molecule has 0 heterocycles. The third-order valence-corrected chi connectivity index (χ3v) is 4.08. The average molecular weight is 388 g/mol. The topological polar surface area (TPSA) is 69.6 Å².